The van der Waals surface area contributed by atoms with Gasteiger partial charge < -0.3 is 0 Å². The zero-order valence-electron chi connectivity index (χ0n) is 20.7. The van der Waals surface area contributed by atoms with Crippen LogP contribution < -0.4 is 5.56 Å². The molecular formula is C28H28F4N4O. The van der Waals surface area contributed by atoms with E-state index in [1.54, 1.807) is 25.3 Å². The molecule has 0 amide bonds. The van der Waals surface area contributed by atoms with E-state index in [2.05, 4.69) is 15.0 Å². The predicted molar refractivity (Wildman–Crippen MR) is 134 cm³/mol. The van der Waals surface area contributed by atoms with E-state index < -0.39 is 11.7 Å². The minimum absolute atomic E-state index is 0.0980. The summed E-state index contributed by atoms with van der Waals surface area (Å²) in [6.45, 7) is 3.30. The first kappa shape index (κ1) is 26.4. The molecule has 0 spiro atoms. The third-order valence-corrected chi connectivity index (χ3v) is 6.47. The number of aromatic nitrogens is 4. The summed E-state index contributed by atoms with van der Waals surface area (Å²) >= 11 is 0. The van der Waals surface area contributed by atoms with Crippen molar-refractivity contribution in [1.82, 2.24) is 19.5 Å². The van der Waals surface area contributed by atoms with Crippen molar-refractivity contribution >= 4 is 11.2 Å². The molecule has 0 aliphatic heterocycles. The third-order valence-electron chi connectivity index (χ3n) is 6.47. The van der Waals surface area contributed by atoms with Crippen LogP contribution in [0.3, 0.4) is 0 Å². The second kappa shape index (κ2) is 11.2. The molecule has 1 aromatic carbocycles. The van der Waals surface area contributed by atoms with Crippen LogP contribution in [0.2, 0.25) is 0 Å². The summed E-state index contributed by atoms with van der Waals surface area (Å²) in [5, 5.41) is 0. The Labute approximate surface area is 212 Å². The zero-order chi connectivity index (χ0) is 26.6. The maximum atomic E-state index is 13.4. The highest BCUT2D eigenvalue weighted by Crippen LogP contribution is 2.33. The van der Waals surface area contributed by atoms with Crippen molar-refractivity contribution in [3.05, 3.63) is 99.1 Å². The van der Waals surface area contributed by atoms with E-state index in [0.717, 1.165) is 43.7 Å². The molecule has 37 heavy (non-hydrogen) atoms. The van der Waals surface area contributed by atoms with Gasteiger partial charge in [-0.1, -0.05) is 31.4 Å². The normalized spacial score (nSPS) is 14.3. The topological polar surface area (TPSA) is 60.7 Å². The Kier molecular flexibility index (Phi) is 8.00. The number of pyridine rings is 2. The Morgan fingerprint density at radius 2 is 1.76 bits per heavy atom. The maximum Gasteiger partial charge on any atom is 0.418 e. The number of alkyl halides is 3. The molecule has 0 unspecified atom stereocenters. The van der Waals surface area contributed by atoms with Crippen molar-refractivity contribution in [2.75, 3.05) is 0 Å². The molecule has 4 aromatic rings. The summed E-state index contributed by atoms with van der Waals surface area (Å²) < 4.78 is 53.8. The maximum absolute atomic E-state index is 13.4. The lowest BCUT2D eigenvalue weighted by atomic mass is 9.84. The van der Waals surface area contributed by atoms with E-state index in [1.807, 2.05) is 13.0 Å². The van der Waals surface area contributed by atoms with Crippen LogP contribution in [0.4, 0.5) is 17.6 Å². The molecule has 194 valence electrons. The predicted octanol–water partition coefficient (Wildman–Crippen LogP) is 6.74. The van der Waals surface area contributed by atoms with Gasteiger partial charge >= 0.3 is 6.18 Å². The first-order valence-corrected chi connectivity index (χ1v) is 12.2. The zero-order valence-corrected chi connectivity index (χ0v) is 20.7. The van der Waals surface area contributed by atoms with E-state index >= 15 is 0 Å². The molecular weight excluding hydrogens is 484 g/mol. The number of hydrogen-bond acceptors (Lipinski definition) is 4. The van der Waals surface area contributed by atoms with Crippen LogP contribution in [0.25, 0.3) is 11.2 Å². The van der Waals surface area contributed by atoms with Gasteiger partial charge in [0, 0.05) is 18.0 Å². The first-order valence-electron chi connectivity index (χ1n) is 12.2. The van der Waals surface area contributed by atoms with Crippen LogP contribution >= 0.6 is 0 Å². The third kappa shape index (κ3) is 6.39. The lowest BCUT2D eigenvalue weighted by Gasteiger charge is -2.23. The van der Waals surface area contributed by atoms with Gasteiger partial charge in [0.05, 0.1) is 23.5 Å². The monoisotopic (exact) mass is 512 g/mol. The van der Waals surface area contributed by atoms with Crippen molar-refractivity contribution in [1.29, 1.82) is 0 Å². The van der Waals surface area contributed by atoms with Crippen LogP contribution in [0, 0.1) is 19.7 Å². The van der Waals surface area contributed by atoms with Crippen LogP contribution in [-0.4, -0.2) is 19.5 Å². The number of halogens is 4. The van der Waals surface area contributed by atoms with Gasteiger partial charge in [0.1, 0.15) is 11.3 Å². The van der Waals surface area contributed by atoms with E-state index in [1.165, 1.54) is 29.0 Å². The minimum Gasteiger partial charge on any atom is -0.285 e. The molecule has 9 heteroatoms. The molecule has 3 aromatic heterocycles. The van der Waals surface area contributed by atoms with Crippen molar-refractivity contribution in [3.63, 3.8) is 0 Å². The number of aryl methyl sites for hydroxylation is 2. The van der Waals surface area contributed by atoms with E-state index in [9.17, 15) is 22.4 Å². The van der Waals surface area contributed by atoms with Crippen LogP contribution in [-0.2, 0) is 12.7 Å². The van der Waals surface area contributed by atoms with Gasteiger partial charge in [0.2, 0.25) is 0 Å². The molecule has 1 aliphatic carbocycles. The van der Waals surface area contributed by atoms with Crippen molar-refractivity contribution in [2.45, 2.75) is 64.6 Å². The van der Waals surface area contributed by atoms with Gasteiger partial charge in [-0.05, 0) is 68.5 Å². The van der Waals surface area contributed by atoms with Crippen LogP contribution in [0.5, 0.6) is 0 Å². The van der Waals surface area contributed by atoms with Gasteiger partial charge in [-0.25, -0.2) is 9.37 Å². The molecule has 0 bridgehead atoms. The lowest BCUT2D eigenvalue weighted by Crippen LogP contribution is -2.29. The molecule has 0 saturated heterocycles. The second-order valence-corrected chi connectivity index (χ2v) is 9.34. The SMILES string of the molecule is Cc1cccc(F)c1.Cc1cnc2cc(C3CCCCC3)c(=O)n(Cc3ncccc3C(F)(F)F)c2n1. The number of benzene rings is 1. The summed E-state index contributed by atoms with van der Waals surface area (Å²) in [6.07, 6.45) is 3.38. The van der Waals surface area contributed by atoms with Crippen LogP contribution in [0.15, 0.2) is 59.7 Å². The molecule has 1 saturated carbocycles. The van der Waals surface area contributed by atoms with E-state index in [-0.39, 0.29) is 35.2 Å². The van der Waals surface area contributed by atoms with Gasteiger partial charge in [0.25, 0.3) is 5.56 Å². The fourth-order valence-corrected chi connectivity index (χ4v) is 4.67. The molecule has 3 heterocycles. The Balaban J connectivity index is 0.000000342. The minimum atomic E-state index is -4.55. The van der Waals surface area contributed by atoms with Gasteiger partial charge in [-0.2, -0.15) is 13.2 Å². The lowest BCUT2D eigenvalue weighted by molar-refractivity contribution is -0.138. The fraction of sp³-hybridized carbons (Fsp3) is 0.357. The fourth-order valence-electron chi connectivity index (χ4n) is 4.67. The summed E-state index contributed by atoms with van der Waals surface area (Å²) in [5.41, 5.74) is 1.62. The number of nitrogens with zero attached hydrogens (tertiary/aromatic N) is 4. The van der Waals surface area contributed by atoms with Crippen molar-refractivity contribution < 1.29 is 17.6 Å². The van der Waals surface area contributed by atoms with Gasteiger partial charge in [-0.3, -0.25) is 19.3 Å². The number of fused-ring (bicyclic) bond motifs is 1. The van der Waals surface area contributed by atoms with Crippen LogP contribution in [0.1, 0.15) is 66.1 Å². The quantitative estimate of drug-likeness (QED) is 0.285. The molecule has 0 N–H and O–H groups in total. The first-order chi connectivity index (χ1) is 17.6. The molecule has 5 rings (SSSR count). The largest absolute Gasteiger partial charge is 0.418 e. The van der Waals surface area contributed by atoms with E-state index in [4.69, 9.17) is 0 Å². The van der Waals surface area contributed by atoms with E-state index in [0.29, 0.717) is 16.8 Å². The Morgan fingerprint density at radius 3 is 2.41 bits per heavy atom. The summed E-state index contributed by atoms with van der Waals surface area (Å²) in [5.74, 6) is -0.0641. The average Bonchev–Trinajstić information content (AvgIpc) is 2.86. The Bertz CT molecular complexity index is 1430. The Hall–Kier alpha value is -3.62. The second-order valence-electron chi connectivity index (χ2n) is 9.34. The highest BCUT2D eigenvalue weighted by molar-refractivity contribution is 5.71. The molecule has 0 radical (unpaired) electrons. The van der Waals surface area contributed by atoms with Gasteiger partial charge in [0.15, 0.2) is 5.65 Å². The van der Waals surface area contributed by atoms with Crippen molar-refractivity contribution in [2.24, 2.45) is 0 Å². The number of rotatable bonds is 3. The van der Waals surface area contributed by atoms with Crippen molar-refractivity contribution in [3.8, 4) is 0 Å². The molecule has 0 atom stereocenters. The summed E-state index contributed by atoms with van der Waals surface area (Å²) in [7, 11) is 0. The van der Waals surface area contributed by atoms with Gasteiger partial charge in [-0.15, -0.1) is 0 Å². The summed E-state index contributed by atoms with van der Waals surface area (Å²) in [6, 6.07) is 10.5. The molecule has 1 fully saturated rings. The molecule has 1 aliphatic rings. The summed E-state index contributed by atoms with van der Waals surface area (Å²) in [4.78, 5) is 26.1. The number of hydrogen-bond donors (Lipinski definition) is 0. The standard InChI is InChI=1S/C21H21F3N4O.C7H7F/c1-13-11-26-17-10-15(14-6-3-2-4-7-14)20(29)28(19(17)27-13)12-18-16(21(22,23)24)8-5-9-25-18;1-6-3-2-4-7(8)5-6/h5,8-11,14H,2-4,6-7,12H2,1H3;2-5H,1H3. The average molecular weight is 513 g/mol. The molecule has 5 nitrogen and oxygen atoms in total. The highest BCUT2D eigenvalue weighted by atomic mass is 19.4. The Morgan fingerprint density at radius 1 is 1.00 bits per heavy atom. The smallest absolute Gasteiger partial charge is 0.285 e. The highest BCUT2D eigenvalue weighted by Gasteiger charge is 2.34.